The van der Waals surface area contributed by atoms with E-state index in [0.717, 1.165) is 44.1 Å². The van der Waals surface area contributed by atoms with Crippen molar-refractivity contribution < 1.29 is 9.53 Å². The van der Waals surface area contributed by atoms with Gasteiger partial charge in [-0.1, -0.05) is 17.7 Å². The van der Waals surface area contributed by atoms with E-state index in [1.54, 1.807) is 12.2 Å². The summed E-state index contributed by atoms with van der Waals surface area (Å²) in [5, 5.41) is 3.57. The number of halogens is 1. The Bertz CT molecular complexity index is 555. The van der Waals surface area contributed by atoms with Crippen molar-refractivity contribution in [3.8, 4) is 0 Å². The zero-order valence-electron chi connectivity index (χ0n) is 13.7. The van der Waals surface area contributed by atoms with Gasteiger partial charge < -0.3 is 15.0 Å². The van der Waals surface area contributed by atoms with Crippen molar-refractivity contribution in [1.29, 1.82) is 0 Å². The summed E-state index contributed by atoms with van der Waals surface area (Å²) in [6.07, 6.45) is 3.32. The summed E-state index contributed by atoms with van der Waals surface area (Å²) in [6, 6.07) is 5.74. The highest BCUT2D eigenvalue weighted by Crippen LogP contribution is 2.25. The van der Waals surface area contributed by atoms with E-state index in [2.05, 4.69) is 10.2 Å². The number of amides is 1. The maximum Gasteiger partial charge on any atom is 0.244 e. The van der Waals surface area contributed by atoms with Crippen LogP contribution in [-0.2, 0) is 9.53 Å². The summed E-state index contributed by atoms with van der Waals surface area (Å²) in [6.45, 7) is 4.91. The van der Waals surface area contributed by atoms with Crippen LogP contribution in [0.3, 0.4) is 0 Å². The van der Waals surface area contributed by atoms with Gasteiger partial charge in [0.05, 0.1) is 23.9 Å². The van der Waals surface area contributed by atoms with Gasteiger partial charge >= 0.3 is 0 Å². The molecular weight excluding hydrogens is 314 g/mol. The van der Waals surface area contributed by atoms with E-state index >= 15 is 0 Å². The number of hydrogen-bond acceptors (Lipinski definition) is 4. The van der Waals surface area contributed by atoms with Gasteiger partial charge in [0, 0.05) is 46.4 Å². The van der Waals surface area contributed by atoms with Gasteiger partial charge in [-0.05, 0) is 23.8 Å². The standard InChI is InChI=1S/C17H24ClN3O2/c1-20(2)16-5-3-14(13-15(16)18)4-6-17(22)19-7-8-21-9-11-23-12-10-21/h3-6,13H,7-12H2,1-2H3,(H,19,22). The van der Waals surface area contributed by atoms with Gasteiger partial charge in [-0.2, -0.15) is 0 Å². The molecule has 5 nitrogen and oxygen atoms in total. The van der Waals surface area contributed by atoms with E-state index in [-0.39, 0.29) is 5.91 Å². The Kier molecular flexibility index (Phi) is 6.89. The molecule has 0 aromatic heterocycles. The molecule has 1 aliphatic heterocycles. The van der Waals surface area contributed by atoms with Crippen molar-refractivity contribution in [2.75, 3.05) is 58.4 Å². The zero-order valence-corrected chi connectivity index (χ0v) is 14.5. The topological polar surface area (TPSA) is 44.8 Å². The molecule has 0 spiro atoms. The summed E-state index contributed by atoms with van der Waals surface area (Å²) >= 11 is 6.22. The molecule has 2 rings (SSSR count). The molecule has 1 N–H and O–H groups in total. The van der Waals surface area contributed by atoms with Gasteiger partial charge in [-0.3, -0.25) is 9.69 Å². The first-order valence-electron chi connectivity index (χ1n) is 7.79. The highest BCUT2D eigenvalue weighted by Gasteiger charge is 2.09. The molecule has 0 atom stereocenters. The summed E-state index contributed by atoms with van der Waals surface area (Å²) in [5.41, 5.74) is 1.86. The first-order valence-corrected chi connectivity index (χ1v) is 8.17. The smallest absolute Gasteiger partial charge is 0.244 e. The van der Waals surface area contributed by atoms with E-state index in [1.165, 1.54) is 0 Å². The predicted octanol–water partition coefficient (Wildman–Crippen LogP) is 1.87. The van der Waals surface area contributed by atoms with Crippen LogP contribution in [0.2, 0.25) is 5.02 Å². The lowest BCUT2D eigenvalue weighted by atomic mass is 10.2. The quantitative estimate of drug-likeness (QED) is 0.805. The summed E-state index contributed by atoms with van der Waals surface area (Å²) in [5.74, 6) is -0.0916. The fourth-order valence-corrected chi connectivity index (χ4v) is 2.74. The van der Waals surface area contributed by atoms with E-state index in [1.807, 2.05) is 37.2 Å². The minimum Gasteiger partial charge on any atom is -0.379 e. The lowest BCUT2D eigenvalue weighted by molar-refractivity contribution is -0.116. The molecule has 0 radical (unpaired) electrons. The van der Waals surface area contributed by atoms with Crippen molar-refractivity contribution >= 4 is 29.3 Å². The highest BCUT2D eigenvalue weighted by atomic mass is 35.5. The molecule has 1 saturated heterocycles. The number of nitrogens with one attached hydrogen (secondary N) is 1. The summed E-state index contributed by atoms with van der Waals surface area (Å²) in [7, 11) is 3.89. The number of nitrogens with zero attached hydrogens (tertiary/aromatic N) is 2. The van der Waals surface area contributed by atoms with Crippen LogP contribution in [0, 0.1) is 0 Å². The van der Waals surface area contributed by atoms with Crippen LogP contribution in [0.15, 0.2) is 24.3 Å². The predicted molar refractivity (Wildman–Crippen MR) is 95.1 cm³/mol. The Balaban J connectivity index is 1.77. The van der Waals surface area contributed by atoms with E-state index in [4.69, 9.17) is 16.3 Å². The molecule has 0 bridgehead atoms. The second-order valence-corrected chi connectivity index (χ2v) is 6.09. The van der Waals surface area contributed by atoms with Gasteiger partial charge in [0.25, 0.3) is 0 Å². The largest absolute Gasteiger partial charge is 0.379 e. The van der Waals surface area contributed by atoms with Crippen molar-refractivity contribution in [2.24, 2.45) is 0 Å². The van der Waals surface area contributed by atoms with Crippen LogP contribution in [0.5, 0.6) is 0 Å². The van der Waals surface area contributed by atoms with Crippen LogP contribution in [0.4, 0.5) is 5.69 Å². The number of carbonyl (C=O) groups excluding carboxylic acids is 1. The Hall–Kier alpha value is -1.56. The third kappa shape index (κ3) is 5.86. The number of carbonyl (C=O) groups is 1. The third-order valence-electron chi connectivity index (χ3n) is 3.71. The Morgan fingerprint density at radius 2 is 2.13 bits per heavy atom. The SMILES string of the molecule is CN(C)c1ccc(C=CC(=O)NCCN2CCOCC2)cc1Cl. The molecular formula is C17H24ClN3O2. The minimum absolute atomic E-state index is 0.0916. The zero-order chi connectivity index (χ0) is 16.7. The Morgan fingerprint density at radius 1 is 1.39 bits per heavy atom. The minimum atomic E-state index is -0.0916. The van der Waals surface area contributed by atoms with Crippen LogP contribution in [0.1, 0.15) is 5.56 Å². The fraction of sp³-hybridized carbons (Fsp3) is 0.471. The lowest BCUT2D eigenvalue weighted by Gasteiger charge is -2.26. The van der Waals surface area contributed by atoms with Gasteiger partial charge in [-0.25, -0.2) is 0 Å². The molecule has 0 aliphatic carbocycles. The number of hydrogen-bond donors (Lipinski definition) is 1. The average molecular weight is 338 g/mol. The molecule has 0 unspecified atom stereocenters. The molecule has 6 heteroatoms. The fourth-order valence-electron chi connectivity index (χ4n) is 2.38. The number of ether oxygens (including phenoxy) is 1. The molecule has 1 heterocycles. The van der Waals surface area contributed by atoms with Gasteiger partial charge in [0.1, 0.15) is 0 Å². The summed E-state index contributed by atoms with van der Waals surface area (Å²) < 4.78 is 5.29. The van der Waals surface area contributed by atoms with Crippen molar-refractivity contribution in [2.45, 2.75) is 0 Å². The van der Waals surface area contributed by atoms with E-state index < -0.39 is 0 Å². The maximum atomic E-state index is 11.8. The molecule has 1 fully saturated rings. The third-order valence-corrected chi connectivity index (χ3v) is 4.01. The monoisotopic (exact) mass is 337 g/mol. The van der Waals surface area contributed by atoms with Crippen molar-refractivity contribution in [3.63, 3.8) is 0 Å². The molecule has 1 amide bonds. The second kappa shape index (κ2) is 8.91. The molecule has 0 saturated carbocycles. The number of morpholine rings is 1. The summed E-state index contributed by atoms with van der Waals surface area (Å²) in [4.78, 5) is 16.1. The van der Waals surface area contributed by atoms with Crippen molar-refractivity contribution in [3.05, 3.63) is 34.9 Å². The van der Waals surface area contributed by atoms with Crippen LogP contribution < -0.4 is 10.2 Å². The second-order valence-electron chi connectivity index (χ2n) is 5.68. The first-order chi connectivity index (χ1) is 11.1. The Morgan fingerprint density at radius 3 is 2.78 bits per heavy atom. The van der Waals surface area contributed by atoms with Gasteiger partial charge in [0.15, 0.2) is 0 Å². The van der Waals surface area contributed by atoms with Crippen LogP contribution in [-0.4, -0.2) is 64.3 Å². The molecule has 23 heavy (non-hydrogen) atoms. The van der Waals surface area contributed by atoms with Crippen LogP contribution >= 0.6 is 11.6 Å². The lowest BCUT2D eigenvalue weighted by Crippen LogP contribution is -2.41. The molecule has 126 valence electrons. The normalized spacial score (nSPS) is 15.8. The molecule has 1 aromatic rings. The highest BCUT2D eigenvalue weighted by molar-refractivity contribution is 6.33. The molecule has 1 aromatic carbocycles. The number of rotatable bonds is 6. The molecule has 1 aliphatic rings. The van der Waals surface area contributed by atoms with E-state index in [9.17, 15) is 4.79 Å². The van der Waals surface area contributed by atoms with Gasteiger partial charge in [0.2, 0.25) is 5.91 Å². The average Bonchev–Trinajstić information content (AvgIpc) is 2.53. The maximum absolute atomic E-state index is 11.8. The number of anilines is 1. The van der Waals surface area contributed by atoms with E-state index in [0.29, 0.717) is 11.6 Å². The Labute approximate surface area is 142 Å². The van der Waals surface area contributed by atoms with Crippen LogP contribution in [0.25, 0.3) is 6.08 Å². The first kappa shape index (κ1) is 17.8. The van der Waals surface area contributed by atoms with Crippen molar-refractivity contribution in [1.82, 2.24) is 10.2 Å². The number of benzene rings is 1. The van der Waals surface area contributed by atoms with Gasteiger partial charge in [-0.15, -0.1) is 0 Å².